The third-order valence-electron chi connectivity index (χ3n) is 2.73. The summed E-state index contributed by atoms with van der Waals surface area (Å²) >= 11 is 0. The van der Waals surface area contributed by atoms with E-state index in [0.717, 1.165) is 13.0 Å². The number of benzene rings is 1. The molecule has 1 atom stereocenters. The minimum atomic E-state index is -0.149. The van der Waals surface area contributed by atoms with E-state index in [1.54, 1.807) is 6.07 Å². The van der Waals surface area contributed by atoms with E-state index in [1.807, 2.05) is 24.1 Å². The van der Waals surface area contributed by atoms with Gasteiger partial charge in [-0.3, -0.25) is 5.32 Å². The van der Waals surface area contributed by atoms with Gasteiger partial charge in [0, 0.05) is 7.05 Å². The number of anilines is 1. The second kappa shape index (κ2) is 3.96. The predicted octanol–water partition coefficient (Wildman–Crippen LogP) is 1.97. The lowest BCUT2D eigenvalue weighted by molar-refractivity contribution is 0.567. The molecule has 1 aliphatic rings. The summed E-state index contributed by atoms with van der Waals surface area (Å²) in [5.74, 6) is -0.149. The van der Waals surface area contributed by atoms with Crippen LogP contribution in [-0.2, 0) is 0 Å². The Kier molecular flexibility index (Phi) is 2.68. The molecule has 2 rings (SSSR count). The highest BCUT2D eigenvalue weighted by atomic mass is 19.1. The largest absolute Gasteiger partial charge is 0.357 e. The molecule has 0 amide bonds. The summed E-state index contributed by atoms with van der Waals surface area (Å²) in [6, 6.07) is 6.90. The third-order valence-corrected chi connectivity index (χ3v) is 2.73. The van der Waals surface area contributed by atoms with Crippen molar-refractivity contribution >= 4 is 5.69 Å². The number of hydrogen-bond donors (Lipinski definition) is 1. The van der Waals surface area contributed by atoms with Gasteiger partial charge in [-0.25, -0.2) is 4.39 Å². The maximum atomic E-state index is 13.4. The molecule has 0 spiro atoms. The predicted molar refractivity (Wildman–Crippen MR) is 55.8 cm³/mol. The first-order chi connectivity index (χ1) is 6.79. The maximum Gasteiger partial charge on any atom is 0.146 e. The zero-order valence-electron chi connectivity index (χ0n) is 8.33. The van der Waals surface area contributed by atoms with Crippen molar-refractivity contribution in [2.24, 2.45) is 0 Å². The minimum absolute atomic E-state index is 0.149. The number of para-hydroxylation sites is 1. The van der Waals surface area contributed by atoms with Gasteiger partial charge in [0.2, 0.25) is 0 Å². The fourth-order valence-corrected chi connectivity index (χ4v) is 1.90. The Bertz CT molecular complexity index is 308. The molecule has 0 saturated carbocycles. The molecule has 3 heteroatoms. The maximum absolute atomic E-state index is 13.4. The summed E-state index contributed by atoms with van der Waals surface area (Å²) in [6.07, 6.45) is 2.54. The fraction of sp³-hybridized carbons (Fsp3) is 0.455. The molecule has 0 aromatic heterocycles. The lowest BCUT2D eigenvalue weighted by atomic mass is 10.2. The quantitative estimate of drug-likeness (QED) is 0.774. The van der Waals surface area contributed by atoms with Crippen LogP contribution >= 0.6 is 0 Å². The van der Waals surface area contributed by atoms with Crippen LogP contribution in [0.1, 0.15) is 12.8 Å². The van der Waals surface area contributed by atoms with Crippen LogP contribution in [0.4, 0.5) is 10.1 Å². The molecule has 0 radical (unpaired) electrons. The van der Waals surface area contributed by atoms with Gasteiger partial charge in [-0.1, -0.05) is 12.1 Å². The van der Waals surface area contributed by atoms with Crippen molar-refractivity contribution in [3.63, 3.8) is 0 Å². The molecule has 1 saturated heterocycles. The Morgan fingerprint density at radius 2 is 2.21 bits per heavy atom. The summed E-state index contributed by atoms with van der Waals surface area (Å²) in [5.41, 5.74) is 0.673. The second-order valence-electron chi connectivity index (χ2n) is 3.67. The van der Waals surface area contributed by atoms with Crippen LogP contribution in [0.2, 0.25) is 0 Å². The van der Waals surface area contributed by atoms with Crippen molar-refractivity contribution in [1.29, 1.82) is 0 Å². The topological polar surface area (TPSA) is 15.3 Å². The molecule has 1 unspecified atom stereocenters. The van der Waals surface area contributed by atoms with Crippen molar-refractivity contribution in [1.82, 2.24) is 5.32 Å². The first kappa shape index (κ1) is 9.46. The highest BCUT2D eigenvalue weighted by molar-refractivity contribution is 5.47. The smallest absolute Gasteiger partial charge is 0.146 e. The van der Waals surface area contributed by atoms with Crippen LogP contribution in [0, 0.1) is 5.82 Å². The third kappa shape index (κ3) is 1.73. The monoisotopic (exact) mass is 194 g/mol. The lowest BCUT2D eigenvalue weighted by Crippen LogP contribution is -2.39. The molecule has 2 nitrogen and oxygen atoms in total. The number of hydrogen-bond acceptors (Lipinski definition) is 2. The van der Waals surface area contributed by atoms with Gasteiger partial charge in [-0.2, -0.15) is 0 Å². The van der Waals surface area contributed by atoms with Crippen molar-refractivity contribution in [3.05, 3.63) is 30.1 Å². The van der Waals surface area contributed by atoms with Crippen molar-refractivity contribution in [2.45, 2.75) is 19.0 Å². The number of rotatable bonds is 2. The van der Waals surface area contributed by atoms with E-state index in [2.05, 4.69) is 5.32 Å². The minimum Gasteiger partial charge on any atom is -0.357 e. The Morgan fingerprint density at radius 3 is 2.86 bits per heavy atom. The summed E-state index contributed by atoms with van der Waals surface area (Å²) in [5, 5.41) is 3.34. The Labute approximate surface area is 83.7 Å². The van der Waals surface area contributed by atoms with Gasteiger partial charge in [0.05, 0.1) is 11.9 Å². The Balaban J connectivity index is 2.17. The molecule has 1 fully saturated rings. The molecule has 0 bridgehead atoms. The van der Waals surface area contributed by atoms with Crippen LogP contribution in [0.5, 0.6) is 0 Å². The highest BCUT2D eigenvalue weighted by Gasteiger charge is 2.20. The van der Waals surface area contributed by atoms with Crippen LogP contribution in [0.15, 0.2) is 24.3 Å². The summed E-state index contributed by atoms with van der Waals surface area (Å²) in [4.78, 5) is 1.97. The van der Waals surface area contributed by atoms with E-state index >= 15 is 0 Å². The van der Waals surface area contributed by atoms with E-state index in [-0.39, 0.29) is 12.0 Å². The van der Waals surface area contributed by atoms with E-state index in [1.165, 1.54) is 12.5 Å². The van der Waals surface area contributed by atoms with Crippen molar-refractivity contribution in [3.8, 4) is 0 Å². The van der Waals surface area contributed by atoms with Crippen LogP contribution in [0.25, 0.3) is 0 Å². The first-order valence-electron chi connectivity index (χ1n) is 5.00. The number of halogens is 1. The number of nitrogens with one attached hydrogen (secondary N) is 1. The summed E-state index contributed by atoms with van der Waals surface area (Å²) in [6.45, 7) is 1.03. The summed E-state index contributed by atoms with van der Waals surface area (Å²) < 4.78 is 13.4. The zero-order chi connectivity index (χ0) is 9.97. The second-order valence-corrected chi connectivity index (χ2v) is 3.67. The van der Waals surface area contributed by atoms with Gasteiger partial charge in [-0.15, -0.1) is 0 Å². The van der Waals surface area contributed by atoms with E-state index in [9.17, 15) is 4.39 Å². The lowest BCUT2D eigenvalue weighted by Gasteiger charge is -2.26. The molecule has 1 aromatic carbocycles. The molecule has 76 valence electrons. The normalized spacial score (nSPS) is 21.1. The number of nitrogens with zero attached hydrogens (tertiary/aromatic N) is 1. The molecule has 1 aliphatic heterocycles. The zero-order valence-corrected chi connectivity index (χ0v) is 8.33. The molecular weight excluding hydrogens is 179 g/mol. The van der Waals surface area contributed by atoms with Crippen LogP contribution in [-0.4, -0.2) is 19.8 Å². The van der Waals surface area contributed by atoms with Crippen molar-refractivity contribution in [2.75, 3.05) is 18.5 Å². The van der Waals surface area contributed by atoms with Crippen molar-refractivity contribution < 1.29 is 4.39 Å². The molecule has 0 aliphatic carbocycles. The van der Waals surface area contributed by atoms with Crippen LogP contribution in [0.3, 0.4) is 0 Å². The summed E-state index contributed by atoms with van der Waals surface area (Å²) in [7, 11) is 1.93. The van der Waals surface area contributed by atoms with Crippen LogP contribution < -0.4 is 10.2 Å². The molecular formula is C11H15FN2. The highest BCUT2D eigenvalue weighted by Crippen LogP contribution is 2.21. The first-order valence-corrected chi connectivity index (χ1v) is 5.00. The van der Waals surface area contributed by atoms with Gasteiger partial charge in [0.15, 0.2) is 0 Å². The average molecular weight is 194 g/mol. The van der Waals surface area contributed by atoms with Gasteiger partial charge < -0.3 is 4.90 Å². The van der Waals surface area contributed by atoms with E-state index in [0.29, 0.717) is 5.69 Å². The molecule has 14 heavy (non-hydrogen) atoms. The van der Waals surface area contributed by atoms with Gasteiger partial charge in [0.1, 0.15) is 5.82 Å². The standard InChI is InChI=1S/C11H15FN2/c1-14(11-7-4-8-13-11)10-6-3-2-5-9(10)12/h2-3,5-6,11,13H,4,7-8H2,1H3. The SMILES string of the molecule is CN(c1ccccc1F)C1CCCN1. The van der Waals surface area contributed by atoms with E-state index in [4.69, 9.17) is 0 Å². The molecule has 1 aromatic rings. The molecule has 1 heterocycles. The Morgan fingerprint density at radius 1 is 1.43 bits per heavy atom. The fourth-order valence-electron chi connectivity index (χ4n) is 1.90. The van der Waals surface area contributed by atoms with Gasteiger partial charge in [0.25, 0.3) is 0 Å². The Hall–Kier alpha value is -1.09. The average Bonchev–Trinajstić information content (AvgIpc) is 2.70. The molecule has 1 N–H and O–H groups in total. The van der Waals surface area contributed by atoms with Gasteiger partial charge >= 0.3 is 0 Å². The van der Waals surface area contributed by atoms with Gasteiger partial charge in [-0.05, 0) is 31.5 Å². The van der Waals surface area contributed by atoms with E-state index < -0.39 is 0 Å².